The van der Waals surface area contributed by atoms with Crippen LogP contribution in [0.3, 0.4) is 0 Å². The fraction of sp³-hybridized carbons (Fsp3) is 0. The largest absolute Gasteiger partial charge is 0.505 e. The van der Waals surface area contributed by atoms with Crippen LogP contribution >= 0.6 is 11.6 Å². The van der Waals surface area contributed by atoms with E-state index in [4.69, 9.17) is 17.3 Å². The van der Waals surface area contributed by atoms with Crippen molar-refractivity contribution in [2.45, 2.75) is 0 Å². The summed E-state index contributed by atoms with van der Waals surface area (Å²) in [7, 11) is 0. The Labute approximate surface area is 113 Å². The molecule has 2 aromatic carbocycles. The van der Waals surface area contributed by atoms with Gasteiger partial charge in [-0.3, -0.25) is 4.79 Å². The summed E-state index contributed by atoms with van der Waals surface area (Å²) >= 11 is 5.72. The Morgan fingerprint density at radius 3 is 2.79 bits per heavy atom. The number of para-hydroxylation sites is 1. The second-order valence-electron chi connectivity index (χ2n) is 3.82. The minimum atomic E-state index is -0.675. The van der Waals surface area contributed by atoms with Gasteiger partial charge >= 0.3 is 0 Å². The topological polar surface area (TPSA) is 75.4 Å². The van der Waals surface area contributed by atoms with Gasteiger partial charge in [-0.1, -0.05) is 17.7 Å². The summed E-state index contributed by atoms with van der Waals surface area (Å²) in [6, 6.07) is 8.12. The monoisotopic (exact) mass is 280 g/mol. The maximum Gasteiger partial charge on any atom is 0.259 e. The second-order valence-corrected chi connectivity index (χ2v) is 4.26. The van der Waals surface area contributed by atoms with Crippen LogP contribution in [-0.2, 0) is 0 Å². The molecule has 4 N–H and O–H groups in total. The van der Waals surface area contributed by atoms with E-state index in [-0.39, 0.29) is 27.7 Å². The number of aromatic hydroxyl groups is 1. The van der Waals surface area contributed by atoms with Crippen molar-refractivity contribution < 1.29 is 14.3 Å². The molecule has 0 saturated heterocycles. The highest BCUT2D eigenvalue weighted by atomic mass is 35.5. The fourth-order valence-corrected chi connectivity index (χ4v) is 1.70. The zero-order valence-electron chi connectivity index (χ0n) is 9.65. The van der Waals surface area contributed by atoms with Crippen LogP contribution < -0.4 is 11.1 Å². The molecule has 0 bridgehead atoms. The number of nitrogens with two attached hydrogens (primary N) is 1. The molecule has 0 radical (unpaired) electrons. The van der Waals surface area contributed by atoms with Gasteiger partial charge in [0.1, 0.15) is 5.82 Å². The molecule has 2 aromatic rings. The fourth-order valence-electron chi connectivity index (χ4n) is 1.53. The van der Waals surface area contributed by atoms with E-state index in [1.165, 1.54) is 30.3 Å². The van der Waals surface area contributed by atoms with Gasteiger partial charge in [-0.2, -0.15) is 0 Å². The minimum Gasteiger partial charge on any atom is -0.505 e. The van der Waals surface area contributed by atoms with Gasteiger partial charge in [0.25, 0.3) is 5.91 Å². The average molecular weight is 281 g/mol. The zero-order valence-corrected chi connectivity index (χ0v) is 10.4. The quantitative estimate of drug-likeness (QED) is 0.585. The first-order valence-corrected chi connectivity index (χ1v) is 5.70. The number of amides is 1. The number of hydrogen-bond donors (Lipinski definition) is 3. The van der Waals surface area contributed by atoms with Gasteiger partial charge < -0.3 is 16.2 Å². The molecule has 0 aliphatic heterocycles. The van der Waals surface area contributed by atoms with E-state index in [9.17, 15) is 14.3 Å². The highest BCUT2D eigenvalue weighted by molar-refractivity contribution is 6.31. The third kappa shape index (κ3) is 2.77. The highest BCUT2D eigenvalue weighted by Crippen LogP contribution is 2.26. The summed E-state index contributed by atoms with van der Waals surface area (Å²) in [5.41, 5.74) is 5.44. The lowest BCUT2D eigenvalue weighted by Crippen LogP contribution is -2.13. The SMILES string of the molecule is Nc1cccc(C(=O)Nc2cc(Cl)ccc2F)c1O. The predicted octanol–water partition coefficient (Wildman–Crippen LogP) is 3.02. The smallest absolute Gasteiger partial charge is 0.259 e. The number of hydrogen-bond acceptors (Lipinski definition) is 3. The summed E-state index contributed by atoms with van der Waals surface area (Å²) in [5, 5.41) is 12.3. The highest BCUT2D eigenvalue weighted by Gasteiger charge is 2.14. The van der Waals surface area contributed by atoms with Crippen molar-refractivity contribution in [3.63, 3.8) is 0 Å². The molecular formula is C13H10ClFN2O2. The van der Waals surface area contributed by atoms with Crippen molar-refractivity contribution in [1.29, 1.82) is 0 Å². The molecule has 2 rings (SSSR count). The van der Waals surface area contributed by atoms with Crippen molar-refractivity contribution in [2.24, 2.45) is 0 Å². The molecule has 0 aliphatic rings. The number of rotatable bonds is 2. The molecule has 0 unspecified atom stereocenters. The molecule has 0 heterocycles. The molecule has 4 nitrogen and oxygen atoms in total. The van der Waals surface area contributed by atoms with Crippen LogP contribution in [-0.4, -0.2) is 11.0 Å². The summed E-state index contributed by atoms with van der Waals surface area (Å²) in [5.74, 6) is -1.64. The Kier molecular flexibility index (Phi) is 3.57. The lowest BCUT2D eigenvalue weighted by molar-refractivity contribution is 0.102. The molecule has 0 aromatic heterocycles. The first kappa shape index (κ1) is 13.2. The molecule has 98 valence electrons. The number of carbonyl (C=O) groups excluding carboxylic acids is 1. The second kappa shape index (κ2) is 5.16. The molecule has 0 atom stereocenters. The van der Waals surface area contributed by atoms with Crippen LogP contribution in [0.1, 0.15) is 10.4 Å². The molecule has 0 saturated carbocycles. The van der Waals surface area contributed by atoms with E-state index in [1.807, 2.05) is 0 Å². The van der Waals surface area contributed by atoms with Crippen LogP contribution in [0.5, 0.6) is 5.75 Å². The van der Waals surface area contributed by atoms with E-state index in [1.54, 1.807) is 0 Å². The molecule has 19 heavy (non-hydrogen) atoms. The third-order valence-electron chi connectivity index (χ3n) is 2.49. The van der Waals surface area contributed by atoms with E-state index >= 15 is 0 Å². The number of phenolic OH excluding ortho intramolecular Hbond substituents is 1. The van der Waals surface area contributed by atoms with E-state index in [2.05, 4.69) is 5.32 Å². The zero-order chi connectivity index (χ0) is 14.0. The van der Waals surface area contributed by atoms with E-state index in [0.717, 1.165) is 6.07 Å². The third-order valence-corrected chi connectivity index (χ3v) is 2.72. The van der Waals surface area contributed by atoms with Gasteiger partial charge in [0.05, 0.1) is 16.9 Å². The molecule has 0 spiro atoms. The molecule has 1 amide bonds. The number of phenols is 1. The normalized spacial score (nSPS) is 10.2. The first-order chi connectivity index (χ1) is 8.99. The number of nitrogen functional groups attached to an aromatic ring is 1. The van der Waals surface area contributed by atoms with Gasteiger partial charge in [0, 0.05) is 5.02 Å². The number of anilines is 2. The Morgan fingerprint density at radius 1 is 1.32 bits per heavy atom. The van der Waals surface area contributed by atoms with Crippen molar-refractivity contribution in [3.8, 4) is 5.75 Å². The van der Waals surface area contributed by atoms with Gasteiger partial charge in [-0.15, -0.1) is 0 Å². The molecule has 0 fully saturated rings. The number of carbonyl (C=O) groups is 1. The van der Waals surface area contributed by atoms with Crippen molar-refractivity contribution in [1.82, 2.24) is 0 Å². The molecule has 6 heteroatoms. The van der Waals surface area contributed by atoms with E-state index < -0.39 is 11.7 Å². The summed E-state index contributed by atoms with van der Waals surface area (Å²) < 4.78 is 13.5. The summed E-state index contributed by atoms with van der Waals surface area (Å²) in [4.78, 5) is 11.9. The lowest BCUT2D eigenvalue weighted by atomic mass is 10.1. The van der Waals surface area contributed by atoms with Gasteiger partial charge in [-0.05, 0) is 30.3 Å². The maximum atomic E-state index is 13.5. The Morgan fingerprint density at radius 2 is 2.05 bits per heavy atom. The van der Waals surface area contributed by atoms with E-state index in [0.29, 0.717) is 0 Å². The maximum absolute atomic E-state index is 13.5. The molecular weight excluding hydrogens is 271 g/mol. The van der Waals surface area contributed by atoms with Crippen LogP contribution in [0.2, 0.25) is 5.02 Å². The summed E-state index contributed by atoms with van der Waals surface area (Å²) in [6.45, 7) is 0. The van der Waals surface area contributed by atoms with Gasteiger partial charge in [-0.25, -0.2) is 4.39 Å². The van der Waals surface area contributed by atoms with Crippen LogP contribution in [0.4, 0.5) is 15.8 Å². The first-order valence-electron chi connectivity index (χ1n) is 5.33. The van der Waals surface area contributed by atoms with Crippen LogP contribution in [0, 0.1) is 5.82 Å². The van der Waals surface area contributed by atoms with Gasteiger partial charge in [0.2, 0.25) is 0 Å². The standard InChI is InChI=1S/C13H10ClFN2O2/c14-7-4-5-9(15)11(6-7)17-13(19)8-2-1-3-10(16)12(8)18/h1-6,18H,16H2,(H,17,19). The number of halogens is 2. The summed E-state index contributed by atoms with van der Waals surface area (Å²) in [6.07, 6.45) is 0. The lowest BCUT2D eigenvalue weighted by Gasteiger charge is -2.09. The Hall–Kier alpha value is -2.27. The minimum absolute atomic E-state index is 0.0422. The predicted molar refractivity (Wildman–Crippen MR) is 71.9 cm³/mol. The van der Waals surface area contributed by atoms with Crippen molar-refractivity contribution >= 4 is 28.9 Å². The Bertz CT molecular complexity index is 647. The van der Waals surface area contributed by atoms with Crippen LogP contribution in [0.15, 0.2) is 36.4 Å². The number of nitrogens with one attached hydrogen (secondary N) is 1. The van der Waals surface area contributed by atoms with Crippen LogP contribution in [0.25, 0.3) is 0 Å². The van der Waals surface area contributed by atoms with Crippen molar-refractivity contribution in [2.75, 3.05) is 11.1 Å². The van der Waals surface area contributed by atoms with Crippen molar-refractivity contribution in [3.05, 3.63) is 52.8 Å². The Balaban J connectivity index is 2.31. The number of benzene rings is 2. The molecule has 0 aliphatic carbocycles. The van der Waals surface area contributed by atoms with Gasteiger partial charge in [0.15, 0.2) is 5.75 Å². The average Bonchev–Trinajstić information content (AvgIpc) is 2.37.